The standard InChI is InChI=1S/C13H15NO2/c1-10(2)9-16-13(15)14-8-7-11-5-3-4-6-12(11)14/h3-8,10H,9H2,1-2H3. The van der Waals surface area contributed by atoms with Gasteiger partial charge in [0.05, 0.1) is 12.1 Å². The van der Waals surface area contributed by atoms with E-state index in [9.17, 15) is 4.79 Å². The number of benzene rings is 1. The van der Waals surface area contributed by atoms with Crippen molar-refractivity contribution < 1.29 is 9.53 Å². The lowest BCUT2D eigenvalue weighted by atomic mass is 10.2. The van der Waals surface area contributed by atoms with Crippen molar-refractivity contribution in [3.63, 3.8) is 0 Å². The predicted molar refractivity (Wildman–Crippen MR) is 63.5 cm³/mol. The largest absolute Gasteiger partial charge is 0.449 e. The molecule has 0 amide bonds. The fourth-order valence-electron chi connectivity index (χ4n) is 1.55. The first-order valence-corrected chi connectivity index (χ1v) is 5.41. The molecular formula is C13H15NO2. The van der Waals surface area contributed by atoms with Gasteiger partial charge in [0.2, 0.25) is 0 Å². The summed E-state index contributed by atoms with van der Waals surface area (Å²) in [5.41, 5.74) is 0.885. The average molecular weight is 217 g/mol. The minimum Gasteiger partial charge on any atom is -0.449 e. The van der Waals surface area contributed by atoms with Crippen LogP contribution in [0.3, 0.4) is 0 Å². The van der Waals surface area contributed by atoms with E-state index in [1.807, 2.05) is 44.2 Å². The molecular weight excluding hydrogens is 202 g/mol. The number of aromatic nitrogens is 1. The van der Waals surface area contributed by atoms with Gasteiger partial charge in [-0.1, -0.05) is 32.0 Å². The van der Waals surface area contributed by atoms with Gasteiger partial charge in [0.1, 0.15) is 0 Å². The molecule has 0 bridgehead atoms. The molecule has 3 heteroatoms. The Morgan fingerprint density at radius 2 is 2.06 bits per heavy atom. The predicted octanol–water partition coefficient (Wildman–Crippen LogP) is 3.28. The van der Waals surface area contributed by atoms with Crippen LogP contribution < -0.4 is 0 Å². The Kier molecular flexibility index (Phi) is 2.95. The number of carbonyl (C=O) groups is 1. The van der Waals surface area contributed by atoms with Crippen LogP contribution >= 0.6 is 0 Å². The SMILES string of the molecule is CC(C)COC(=O)n1ccc2ccccc21. The van der Waals surface area contributed by atoms with E-state index in [4.69, 9.17) is 4.74 Å². The third kappa shape index (κ3) is 2.08. The van der Waals surface area contributed by atoms with Crippen LogP contribution in [0.1, 0.15) is 13.8 Å². The van der Waals surface area contributed by atoms with Gasteiger partial charge in [-0.2, -0.15) is 0 Å². The number of para-hydroxylation sites is 1. The van der Waals surface area contributed by atoms with Crippen molar-refractivity contribution in [1.82, 2.24) is 4.57 Å². The van der Waals surface area contributed by atoms with Crippen molar-refractivity contribution in [2.75, 3.05) is 6.61 Å². The maximum absolute atomic E-state index is 11.8. The second kappa shape index (κ2) is 4.39. The average Bonchev–Trinajstić information content (AvgIpc) is 2.69. The van der Waals surface area contributed by atoms with Crippen molar-refractivity contribution in [2.24, 2.45) is 5.92 Å². The molecule has 16 heavy (non-hydrogen) atoms. The fraction of sp³-hybridized carbons (Fsp3) is 0.308. The van der Waals surface area contributed by atoms with Gasteiger partial charge in [0.15, 0.2) is 0 Å². The van der Waals surface area contributed by atoms with Gasteiger partial charge in [0.25, 0.3) is 0 Å². The molecule has 0 fully saturated rings. The summed E-state index contributed by atoms with van der Waals surface area (Å²) < 4.78 is 6.72. The van der Waals surface area contributed by atoms with Crippen LogP contribution in [0.2, 0.25) is 0 Å². The van der Waals surface area contributed by atoms with E-state index in [0.717, 1.165) is 10.9 Å². The molecule has 0 radical (unpaired) electrons. The number of hydrogen-bond donors (Lipinski definition) is 0. The van der Waals surface area contributed by atoms with Gasteiger partial charge in [-0.25, -0.2) is 4.79 Å². The van der Waals surface area contributed by atoms with Crippen molar-refractivity contribution in [1.29, 1.82) is 0 Å². The number of ether oxygens (including phenoxy) is 1. The van der Waals surface area contributed by atoms with Crippen LogP contribution in [-0.2, 0) is 4.74 Å². The summed E-state index contributed by atoms with van der Waals surface area (Å²) >= 11 is 0. The summed E-state index contributed by atoms with van der Waals surface area (Å²) in [7, 11) is 0. The molecule has 1 aromatic carbocycles. The second-order valence-electron chi connectivity index (χ2n) is 4.22. The van der Waals surface area contributed by atoms with Gasteiger partial charge in [-0.15, -0.1) is 0 Å². The van der Waals surface area contributed by atoms with E-state index in [2.05, 4.69) is 0 Å². The topological polar surface area (TPSA) is 31.2 Å². The van der Waals surface area contributed by atoms with Crippen LogP contribution in [0, 0.1) is 5.92 Å². The van der Waals surface area contributed by atoms with Crippen molar-refractivity contribution in [2.45, 2.75) is 13.8 Å². The molecule has 0 atom stereocenters. The summed E-state index contributed by atoms with van der Waals surface area (Å²) in [5.74, 6) is 0.353. The molecule has 1 heterocycles. The normalized spacial score (nSPS) is 10.9. The lowest BCUT2D eigenvalue weighted by Gasteiger charge is -2.08. The lowest BCUT2D eigenvalue weighted by molar-refractivity contribution is 0.135. The molecule has 0 N–H and O–H groups in total. The Bertz CT molecular complexity index is 499. The zero-order chi connectivity index (χ0) is 11.5. The molecule has 84 valence electrons. The summed E-state index contributed by atoms with van der Waals surface area (Å²) in [6.07, 6.45) is 1.43. The first-order chi connectivity index (χ1) is 7.68. The highest BCUT2D eigenvalue weighted by molar-refractivity contribution is 5.89. The van der Waals surface area contributed by atoms with Crippen LogP contribution in [0.15, 0.2) is 36.5 Å². The minimum atomic E-state index is -0.310. The molecule has 0 aliphatic carbocycles. The summed E-state index contributed by atoms with van der Waals surface area (Å²) in [6.45, 7) is 4.48. The quantitative estimate of drug-likeness (QED) is 0.773. The van der Waals surface area contributed by atoms with Crippen LogP contribution in [0.25, 0.3) is 10.9 Å². The zero-order valence-electron chi connectivity index (χ0n) is 9.51. The molecule has 0 unspecified atom stereocenters. The first-order valence-electron chi connectivity index (χ1n) is 5.41. The van der Waals surface area contributed by atoms with Crippen molar-refractivity contribution in [3.05, 3.63) is 36.5 Å². The van der Waals surface area contributed by atoms with Gasteiger partial charge in [-0.05, 0) is 18.1 Å². The Hall–Kier alpha value is -1.77. The Balaban J connectivity index is 2.23. The lowest BCUT2D eigenvalue weighted by Crippen LogP contribution is -2.15. The van der Waals surface area contributed by atoms with E-state index < -0.39 is 0 Å². The Morgan fingerprint density at radius 3 is 2.81 bits per heavy atom. The number of fused-ring (bicyclic) bond motifs is 1. The Labute approximate surface area is 94.6 Å². The highest BCUT2D eigenvalue weighted by Crippen LogP contribution is 2.15. The van der Waals surface area contributed by atoms with Gasteiger partial charge < -0.3 is 4.74 Å². The smallest absolute Gasteiger partial charge is 0.418 e. The zero-order valence-corrected chi connectivity index (χ0v) is 9.51. The van der Waals surface area contributed by atoms with Crippen molar-refractivity contribution >= 4 is 17.0 Å². The maximum atomic E-state index is 11.8. The van der Waals surface area contributed by atoms with E-state index >= 15 is 0 Å². The highest BCUT2D eigenvalue weighted by Gasteiger charge is 2.09. The molecule has 2 aromatic rings. The first kappa shape index (κ1) is 10.7. The minimum absolute atomic E-state index is 0.310. The molecule has 2 rings (SSSR count). The highest BCUT2D eigenvalue weighted by atomic mass is 16.5. The third-order valence-corrected chi connectivity index (χ3v) is 2.34. The molecule has 3 nitrogen and oxygen atoms in total. The molecule has 0 saturated heterocycles. The van der Waals surface area contributed by atoms with Crippen molar-refractivity contribution in [3.8, 4) is 0 Å². The van der Waals surface area contributed by atoms with E-state index in [1.54, 1.807) is 6.20 Å². The van der Waals surface area contributed by atoms with Crippen LogP contribution in [0.5, 0.6) is 0 Å². The summed E-state index contributed by atoms with van der Waals surface area (Å²) in [5, 5.41) is 1.05. The monoisotopic (exact) mass is 217 g/mol. The van der Waals surface area contributed by atoms with E-state index in [0.29, 0.717) is 12.5 Å². The molecule has 0 saturated carbocycles. The van der Waals surface area contributed by atoms with Gasteiger partial charge in [-0.3, -0.25) is 4.57 Å². The second-order valence-corrected chi connectivity index (χ2v) is 4.22. The molecule has 0 aliphatic heterocycles. The van der Waals surface area contributed by atoms with E-state index in [-0.39, 0.29) is 6.09 Å². The molecule has 0 aliphatic rings. The number of hydrogen-bond acceptors (Lipinski definition) is 2. The van der Waals surface area contributed by atoms with Crippen LogP contribution in [0.4, 0.5) is 4.79 Å². The maximum Gasteiger partial charge on any atom is 0.418 e. The molecule has 1 aromatic heterocycles. The molecule has 0 spiro atoms. The summed E-state index contributed by atoms with van der Waals surface area (Å²) in [4.78, 5) is 11.8. The fourth-order valence-corrected chi connectivity index (χ4v) is 1.55. The third-order valence-electron chi connectivity index (χ3n) is 2.34. The number of rotatable bonds is 2. The van der Waals surface area contributed by atoms with Crippen LogP contribution in [-0.4, -0.2) is 17.3 Å². The Morgan fingerprint density at radius 1 is 1.31 bits per heavy atom. The van der Waals surface area contributed by atoms with Gasteiger partial charge >= 0.3 is 6.09 Å². The van der Waals surface area contributed by atoms with Gasteiger partial charge in [0, 0.05) is 11.6 Å². The number of carbonyl (C=O) groups excluding carboxylic acids is 1. The number of nitrogens with zero attached hydrogens (tertiary/aromatic N) is 1. The van der Waals surface area contributed by atoms with E-state index in [1.165, 1.54) is 4.57 Å². The summed E-state index contributed by atoms with van der Waals surface area (Å²) in [6, 6.07) is 9.65.